The molecule has 1 saturated heterocycles. The van der Waals surface area contributed by atoms with Crippen molar-refractivity contribution in [3.63, 3.8) is 0 Å². The van der Waals surface area contributed by atoms with Crippen molar-refractivity contribution < 1.29 is 14.2 Å². The van der Waals surface area contributed by atoms with Gasteiger partial charge in [0, 0.05) is 31.6 Å². The van der Waals surface area contributed by atoms with Crippen LogP contribution in [-0.4, -0.2) is 31.7 Å². The molecular formula is C21H24N2O3. The van der Waals surface area contributed by atoms with Crippen molar-refractivity contribution in [2.24, 2.45) is 5.92 Å². The largest absolute Gasteiger partial charge is 0.493 e. The lowest BCUT2D eigenvalue weighted by atomic mass is 10.0. The van der Waals surface area contributed by atoms with Crippen molar-refractivity contribution in [2.45, 2.75) is 19.3 Å². The number of rotatable bonds is 8. The van der Waals surface area contributed by atoms with Crippen molar-refractivity contribution in [1.29, 1.82) is 10.8 Å². The topological polar surface area (TPSA) is 75.4 Å². The monoisotopic (exact) mass is 352 g/mol. The van der Waals surface area contributed by atoms with E-state index in [-0.39, 0.29) is 0 Å². The van der Waals surface area contributed by atoms with Gasteiger partial charge in [-0.25, -0.2) is 0 Å². The standard InChI is InChI=1S/C21H24N2O3/c22-12-9-21(23)17-1-3-19(4-2-17)26-20-7-5-18(6-8-20)25-15-16-10-13-24-14-11-16/h1-8,12,16,22-23H,9-11,13-15H2. The Bertz CT molecular complexity index is 720. The van der Waals surface area contributed by atoms with Gasteiger partial charge < -0.3 is 25.0 Å². The second kappa shape index (κ2) is 9.15. The summed E-state index contributed by atoms with van der Waals surface area (Å²) in [5.41, 5.74) is 1.23. The molecule has 5 heteroatoms. The average Bonchev–Trinajstić information content (AvgIpc) is 2.69. The number of nitrogens with one attached hydrogen (secondary N) is 2. The Kier molecular flexibility index (Phi) is 6.39. The lowest BCUT2D eigenvalue weighted by molar-refractivity contribution is 0.0497. The third-order valence-corrected chi connectivity index (χ3v) is 4.39. The van der Waals surface area contributed by atoms with E-state index in [1.165, 1.54) is 6.21 Å². The normalized spacial score (nSPS) is 14.6. The first-order chi connectivity index (χ1) is 12.7. The summed E-state index contributed by atoms with van der Waals surface area (Å²) in [6.07, 6.45) is 3.71. The van der Waals surface area contributed by atoms with Crippen LogP contribution < -0.4 is 9.47 Å². The molecule has 0 aromatic heterocycles. The van der Waals surface area contributed by atoms with Gasteiger partial charge in [-0.05, 0) is 72.9 Å². The zero-order valence-electron chi connectivity index (χ0n) is 14.7. The number of hydrogen-bond donors (Lipinski definition) is 2. The molecule has 1 heterocycles. The van der Waals surface area contributed by atoms with Crippen molar-refractivity contribution in [1.82, 2.24) is 0 Å². The van der Waals surface area contributed by atoms with Gasteiger partial charge in [-0.15, -0.1) is 0 Å². The maximum Gasteiger partial charge on any atom is 0.127 e. The van der Waals surface area contributed by atoms with Crippen molar-refractivity contribution >= 4 is 11.9 Å². The molecule has 0 bridgehead atoms. The lowest BCUT2D eigenvalue weighted by Gasteiger charge is -2.22. The molecule has 5 nitrogen and oxygen atoms in total. The third-order valence-electron chi connectivity index (χ3n) is 4.39. The second-order valence-corrected chi connectivity index (χ2v) is 6.35. The molecule has 1 aliphatic rings. The summed E-state index contributed by atoms with van der Waals surface area (Å²) < 4.78 is 17.1. The summed E-state index contributed by atoms with van der Waals surface area (Å²) >= 11 is 0. The van der Waals surface area contributed by atoms with E-state index in [0.29, 0.717) is 23.8 Å². The van der Waals surface area contributed by atoms with Gasteiger partial charge in [-0.2, -0.15) is 0 Å². The Hall–Kier alpha value is -2.66. The van der Waals surface area contributed by atoms with E-state index in [4.69, 9.17) is 25.0 Å². The molecule has 3 rings (SSSR count). The summed E-state index contributed by atoms with van der Waals surface area (Å²) in [6.45, 7) is 2.40. The molecule has 0 spiro atoms. The highest BCUT2D eigenvalue weighted by Gasteiger charge is 2.14. The Morgan fingerprint density at radius 3 is 2.15 bits per heavy atom. The Balaban J connectivity index is 1.52. The minimum atomic E-state index is 0.343. The SMILES string of the molecule is N=CCC(=N)c1ccc(Oc2ccc(OCC3CCOCC3)cc2)cc1. The molecule has 26 heavy (non-hydrogen) atoms. The molecule has 136 valence electrons. The highest BCUT2D eigenvalue weighted by Crippen LogP contribution is 2.25. The predicted octanol–water partition coefficient (Wildman–Crippen LogP) is 4.69. The molecule has 0 radical (unpaired) electrons. The maximum absolute atomic E-state index is 7.85. The molecule has 0 saturated carbocycles. The predicted molar refractivity (Wildman–Crippen MR) is 102 cm³/mol. The number of benzene rings is 2. The Labute approximate surface area is 153 Å². The summed E-state index contributed by atoms with van der Waals surface area (Å²) in [7, 11) is 0. The molecule has 0 amide bonds. The Morgan fingerprint density at radius 1 is 0.962 bits per heavy atom. The molecule has 0 aliphatic carbocycles. The smallest absolute Gasteiger partial charge is 0.127 e. The van der Waals surface area contributed by atoms with E-state index in [0.717, 1.165) is 49.7 Å². The molecule has 2 N–H and O–H groups in total. The van der Waals surface area contributed by atoms with Crippen LogP contribution in [0, 0.1) is 16.7 Å². The molecular weight excluding hydrogens is 328 g/mol. The fraction of sp³-hybridized carbons (Fsp3) is 0.333. The highest BCUT2D eigenvalue weighted by atomic mass is 16.5. The maximum atomic E-state index is 7.85. The second-order valence-electron chi connectivity index (χ2n) is 6.35. The van der Waals surface area contributed by atoms with Crippen LogP contribution in [0.1, 0.15) is 24.8 Å². The van der Waals surface area contributed by atoms with Crippen LogP contribution >= 0.6 is 0 Å². The fourth-order valence-electron chi connectivity index (χ4n) is 2.81. The molecule has 1 aliphatic heterocycles. The first-order valence-electron chi connectivity index (χ1n) is 8.90. The first-order valence-corrected chi connectivity index (χ1v) is 8.90. The average molecular weight is 352 g/mol. The first kappa shape index (κ1) is 18.1. The van der Waals surface area contributed by atoms with Crippen molar-refractivity contribution in [3.8, 4) is 17.2 Å². The number of hydrogen-bond acceptors (Lipinski definition) is 5. The quantitative estimate of drug-likeness (QED) is 0.677. The minimum Gasteiger partial charge on any atom is -0.493 e. The summed E-state index contributed by atoms with van der Waals surface area (Å²) in [5, 5.41) is 14.9. The van der Waals surface area contributed by atoms with E-state index in [2.05, 4.69) is 0 Å². The molecule has 0 atom stereocenters. The summed E-state index contributed by atoms with van der Waals surface area (Å²) in [5.74, 6) is 2.88. The van der Waals surface area contributed by atoms with E-state index in [9.17, 15) is 0 Å². The Morgan fingerprint density at radius 2 is 1.54 bits per heavy atom. The van der Waals surface area contributed by atoms with E-state index in [1.807, 2.05) is 48.5 Å². The van der Waals surface area contributed by atoms with Crippen LogP contribution in [0.5, 0.6) is 17.2 Å². The van der Waals surface area contributed by atoms with Crippen LogP contribution in [0.25, 0.3) is 0 Å². The van der Waals surface area contributed by atoms with E-state index < -0.39 is 0 Å². The van der Waals surface area contributed by atoms with Gasteiger partial charge in [-0.1, -0.05) is 0 Å². The highest BCUT2D eigenvalue weighted by molar-refractivity contribution is 6.04. The molecule has 2 aromatic carbocycles. The van der Waals surface area contributed by atoms with Gasteiger partial charge in [0.2, 0.25) is 0 Å². The third kappa shape index (κ3) is 5.17. The molecule has 2 aromatic rings. The molecule has 0 unspecified atom stereocenters. The van der Waals surface area contributed by atoms with Gasteiger partial charge in [0.05, 0.1) is 6.61 Å². The van der Waals surface area contributed by atoms with Crippen molar-refractivity contribution in [3.05, 3.63) is 54.1 Å². The number of ether oxygens (including phenoxy) is 3. The van der Waals surface area contributed by atoms with Gasteiger partial charge in [0.1, 0.15) is 17.2 Å². The summed E-state index contributed by atoms with van der Waals surface area (Å²) in [4.78, 5) is 0. The summed E-state index contributed by atoms with van der Waals surface area (Å²) in [6, 6.07) is 15.0. The van der Waals surface area contributed by atoms with Gasteiger partial charge in [-0.3, -0.25) is 0 Å². The zero-order valence-corrected chi connectivity index (χ0v) is 14.7. The van der Waals surface area contributed by atoms with Crippen LogP contribution in [0.4, 0.5) is 0 Å². The van der Waals surface area contributed by atoms with Crippen molar-refractivity contribution in [2.75, 3.05) is 19.8 Å². The molecule has 1 fully saturated rings. The van der Waals surface area contributed by atoms with E-state index >= 15 is 0 Å². The van der Waals surface area contributed by atoms with Gasteiger partial charge >= 0.3 is 0 Å². The van der Waals surface area contributed by atoms with Gasteiger partial charge in [0.15, 0.2) is 0 Å². The van der Waals surface area contributed by atoms with Crippen LogP contribution in [0.3, 0.4) is 0 Å². The minimum absolute atomic E-state index is 0.343. The van der Waals surface area contributed by atoms with Crippen LogP contribution in [0.15, 0.2) is 48.5 Å². The van der Waals surface area contributed by atoms with Crippen LogP contribution in [-0.2, 0) is 4.74 Å². The fourth-order valence-corrected chi connectivity index (χ4v) is 2.81. The van der Waals surface area contributed by atoms with Gasteiger partial charge in [0.25, 0.3) is 0 Å². The lowest BCUT2D eigenvalue weighted by Crippen LogP contribution is -2.21. The zero-order chi connectivity index (χ0) is 18.2. The van der Waals surface area contributed by atoms with Crippen LogP contribution in [0.2, 0.25) is 0 Å². The van der Waals surface area contributed by atoms with E-state index in [1.54, 1.807) is 0 Å².